The molecule has 4 rings (SSSR count). The molecule has 0 atom stereocenters. The van der Waals surface area contributed by atoms with E-state index < -0.39 is 10.0 Å². The Kier molecular flexibility index (Phi) is 3.94. The summed E-state index contributed by atoms with van der Waals surface area (Å²) >= 11 is 0. The van der Waals surface area contributed by atoms with Crippen LogP contribution in [0.15, 0.2) is 53.4 Å². The van der Waals surface area contributed by atoms with E-state index in [0.29, 0.717) is 11.4 Å². The first-order chi connectivity index (χ1) is 11.7. The van der Waals surface area contributed by atoms with E-state index in [1.54, 1.807) is 28.6 Å². The number of piperazine rings is 1. The van der Waals surface area contributed by atoms with E-state index in [4.69, 9.17) is 0 Å². The summed E-state index contributed by atoms with van der Waals surface area (Å²) in [6.45, 7) is 4.48. The molecule has 24 heavy (non-hydrogen) atoms. The molecule has 1 fully saturated rings. The number of rotatable bonds is 3. The average Bonchev–Trinajstić information content (AvgIpc) is 3.07. The maximum absolute atomic E-state index is 12.9. The van der Waals surface area contributed by atoms with Crippen molar-refractivity contribution in [3.05, 3.63) is 54.1 Å². The molecule has 5 nitrogen and oxygen atoms in total. The number of benzene rings is 2. The Balaban J connectivity index is 1.65. The van der Waals surface area contributed by atoms with Gasteiger partial charge in [0.05, 0.1) is 10.6 Å². The number of hydrogen-bond donors (Lipinski definition) is 1. The van der Waals surface area contributed by atoms with Crippen LogP contribution in [0.1, 0.15) is 5.56 Å². The van der Waals surface area contributed by atoms with Gasteiger partial charge in [-0.3, -0.25) is 4.31 Å². The fourth-order valence-corrected chi connectivity index (χ4v) is 4.97. The van der Waals surface area contributed by atoms with E-state index in [1.807, 2.05) is 18.2 Å². The summed E-state index contributed by atoms with van der Waals surface area (Å²) < 4.78 is 27.3. The van der Waals surface area contributed by atoms with Crippen molar-refractivity contribution in [2.45, 2.75) is 11.3 Å². The molecule has 2 aliphatic heterocycles. The van der Waals surface area contributed by atoms with Crippen molar-refractivity contribution >= 4 is 21.4 Å². The molecule has 2 aromatic rings. The first-order valence-electron chi connectivity index (χ1n) is 8.33. The van der Waals surface area contributed by atoms with Crippen LogP contribution < -0.4 is 14.5 Å². The third-order valence-corrected chi connectivity index (χ3v) is 6.56. The van der Waals surface area contributed by atoms with Gasteiger partial charge in [-0.2, -0.15) is 0 Å². The molecular formula is C18H21N3O2S. The van der Waals surface area contributed by atoms with Crippen LogP contribution in [-0.4, -0.2) is 41.1 Å². The van der Waals surface area contributed by atoms with Crippen molar-refractivity contribution in [2.24, 2.45) is 0 Å². The molecule has 0 aromatic heterocycles. The molecule has 2 heterocycles. The Bertz CT molecular complexity index is 831. The van der Waals surface area contributed by atoms with Crippen LogP contribution in [0.5, 0.6) is 0 Å². The lowest BCUT2D eigenvalue weighted by Gasteiger charge is -2.30. The molecule has 0 amide bonds. The SMILES string of the molecule is O=S(=O)(c1ccccc1)N1CCc2cc(N3CCNCC3)ccc21. The van der Waals surface area contributed by atoms with Crippen LogP contribution >= 0.6 is 0 Å². The molecule has 0 saturated carbocycles. The molecule has 0 aliphatic carbocycles. The number of fused-ring (bicyclic) bond motifs is 1. The Labute approximate surface area is 142 Å². The van der Waals surface area contributed by atoms with Crippen molar-refractivity contribution in [1.29, 1.82) is 0 Å². The Morgan fingerprint density at radius 3 is 2.42 bits per heavy atom. The lowest BCUT2D eigenvalue weighted by Crippen LogP contribution is -2.43. The second-order valence-corrected chi connectivity index (χ2v) is 8.05. The molecule has 0 radical (unpaired) electrons. The third-order valence-electron chi connectivity index (χ3n) is 4.73. The van der Waals surface area contributed by atoms with Gasteiger partial charge in [-0.25, -0.2) is 8.42 Å². The normalized spacial score (nSPS) is 17.8. The van der Waals surface area contributed by atoms with Gasteiger partial charge in [-0.05, 0) is 42.3 Å². The summed E-state index contributed by atoms with van der Waals surface area (Å²) in [6.07, 6.45) is 0.765. The van der Waals surface area contributed by atoms with Crippen LogP contribution in [0.25, 0.3) is 0 Å². The van der Waals surface area contributed by atoms with Crippen molar-refractivity contribution in [3.63, 3.8) is 0 Å². The summed E-state index contributed by atoms with van der Waals surface area (Å²) in [7, 11) is -3.48. The zero-order valence-corrected chi connectivity index (χ0v) is 14.3. The maximum Gasteiger partial charge on any atom is 0.264 e. The molecule has 126 valence electrons. The molecule has 0 unspecified atom stereocenters. The molecule has 2 aromatic carbocycles. The van der Waals surface area contributed by atoms with Crippen LogP contribution in [-0.2, 0) is 16.4 Å². The molecule has 1 saturated heterocycles. The molecule has 0 spiro atoms. The number of nitrogens with zero attached hydrogens (tertiary/aromatic N) is 2. The van der Waals surface area contributed by atoms with Gasteiger partial charge < -0.3 is 10.2 Å². The number of anilines is 2. The minimum Gasteiger partial charge on any atom is -0.369 e. The molecule has 2 aliphatic rings. The fourth-order valence-electron chi connectivity index (χ4n) is 3.45. The van der Waals surface area contributed by atoms with Gasteiger partial charge in [0.15, 0.2) is 0 Å². The van der Waals surface area contributed by atoms with E-state index in [9.17, 15) is 8.42 Å². The zero-order chi connectivity index (χ0) is 16.6. The molecular weight excluding hydrogens is 322 g/mol. The lowest BCUT2D eigenvalue weighted by atomic mass is 10.1. The van der Waals surface area contributed by atoms with Crippen molar-refractivity contribution in [1.82, 2.24) is 5.32 Å². The van der Waals surface area contributed by atoms with Gasteiger partial charge in [0, 0.05) is 38.4 Å². The summed E-state index contributed by atoms with van der Waals surface area (Å²) in [5.74, 6) is 0. The van der Waals surface area contributed by atoms with Crippen LogP contribution in [0.2, 0.25) is 0 Å². The van der Waals surface area contributed by atoms with Crippen molar-refractivity contribution in [2.75, 3.05) is 41.9 Å². The number of hydrogen-bond acceptors (Lipinski definition) is 4. The molecule has 1 N–H and O–H groups in total. The highest BCUT2D eigenvalue weighted by Gasteiger charge is 2.31. The Hall–Kier alpha value is -2.05. The van der Waals surface area contributed by atoms with Crippen LogP contribution in [0.4, 0.5) is 11.4 Å². The average molecular weight is 343 g/mol. The number of sulfonamides is 1. The topological polar surface area (TPSA) is 52.7 Å². The van der Waals surface area contributed by atoms with Gasteiger partial charge in [-0.1, -0.05) is 18.2 Å². The highest BCUT2D eigenvalue weighted by molar-refractivity contribution is 7.92. The predicted molar refractivity (Wildman–Crippen MR) is 96.2 cm³/mol. The smallest absolute Gasteiger partial charge is 0.264 e. The van der Waals surface area contributed by atoms with E-state index in [0.717, 1.165) is 43.9 Å². The second-order valence-electron chi connectivity index (χ2n) is 6.19. The van der Waals surface area contributed by atoms with Crippen molar-refractivity contribution in [3.8, 4) is 0 Å². The lowest BCUT2D eigenvalue weighted by molar-refractivity contribution is 0.589. The van der Waals surface area contributed by atoms with Gasteiger partial charge in [0.1, 0.15) is 0 Å². The first kappa shape index (κ1) is 15.5. The van der Waals surface area contributed by atoms with E-state index in [-0.39, 0.29) is 0 Å². The first-order valence-corrected chi connectivity index (χ1v) is 9.77. The molecule has 6 heteroatoms. The summed E-state index contributed by atoms with van der Waals surface area (Å²) in [4.78, 5) is 2.70. The third kappa shape index (κ3) is 2.65. The highest BCUT2D eigenvalue weighted by Crippen LogP contribution is 2.35. The second kappa shape index (κ2) is 6.11. The van der Waals surface area contributed by atoms with Gasteiger partial charge in [-0.15, -0.1) is 0 Å². The summed E-state index contributed by atoms with van der Waals surface area (Å²) in [5, 5.41) is 3.35. The fraction of sp³-hybridized carbons (Fsp3) is 0.333. The van der Waals surface area contributed by atoms with Crippen molar-refractivity contribution < 1.29 is 8.42 Å². The van der Waals surface area contributed by atoms with Gasteiger partial charge in [0.25, 0.3) is 10.0 Å². The predicted octanol–water partition coefficient (Wildman–Crippen LogP) is 1.85. The standard InChI is InChI=1S/C18H21N3O2S/c22-24(23,17-4-2-1-3-5-17)21-11-8-15-14-16(6-7-18(15)21)20-12-9-19-10-13-20/h1-7,14,19H,8-13H2. The monoisotopic (exact) mass is 343 g/mol. The largest absolute Gasteiger partial charge is 0.369 e. The van der Waals surface area contributed by atoms with Crippen LogP contribution in [0, 0.1) is 0 Å². The van der Waals surface area contributed by atoms with E-state index in [2.05, 4.69) is 16.3 Å². The highest BCUT2D eigenvalue weighted by atomic mass is 32.2. The number of nitrogens with one attached hydrogen (secondary N) is 1. The van der Waals surface area contributed by atoms with E-state index >= 15 is 0 Å². The minimum absolute atomic E-state index is 0.351. The minimum atomic E-state index is -3.48. The molecule has 0 bridgehead atoms. The van der Waals surface area contributed by atoms with Crippen LogP contribution in [0.3, 0.4) is 0 Å². The van der Waals surface area contributed by atoms with Gasteiger partial charge >= 0.3 is 0 Å². The summed E-state index contributed by atoms with van der Waals surface area (Å²) in [5.41, 5.74) is 3.12. The van der Waals surface area contributed by atoms with Gasteiger partial charge in [0.2, 0.25) is 0 Å². The Morgan fingerprint density at radius 1 is 0.917 bits per heavy atom. The summed E-state index contributed by atoms with van der Waals surface area (Å²) in [6, 6.07) is 14.8. The Morgan fingerprint density at radius 2 is 1.67 bits per heavy atom. The van der Waals surface area contributed by atoms with E-state index in [1.165, 1.54) is 5.69 Å². The maximum atomic E-state index is 12.9. The zero-order valence-electron chi connectivity index (χ0n) is 13.5. The quantitative estimate of drug-likeness (QED) is 0.924.